The van der Waals surface area contributed by atoms with Crippen molar-refractivity contribution in [1.29, 1.82) is 5.26 Å². The second kappa shape index (κ2) is 6.60. The van der Waals surface area contributed by atoms with E-state index < -0.39 is 10.8 Å². The van der Waals surface area contributed by atoms with Gasteiger partial charge in [-0.3, -0.25) is 4.21 Å². The van der Waals surface area contributed by atoms with Gasteiger partial charge in [-0.25, -0.2) is 4.98 Å². The van der Waals surface area contributed by atoms with Crippen molar-refractivity contribution < 1.29 is 4.21 Å². The SMILES string of the molecule is N#Cc1cc2c(nc1[S@](=O)Cc1ccc(Cl)cc1)CCCC2. The molecule has 1 aromatic carbocycles. The van der Waals surface area contributed by atoms with Crippen LogP contribution in [0.1, 0.15) is 35.2 Å². The lowest BCUT2D eigenvalue weighted by Crippen LogP contribution is -2.11. The van der Waals surface area contributed by atoms with Gasteiger partial charge in [0.15, 0.2) is 0 Å². The van der Waals surface area contributed by atoms with Crippen LogP contribution in [-0.2, 0) is 29.4 Å². The Labute approximate surface area is 137 Å². The van der Waals surface area contributed by atoms with Crippen LogP contribution in [0.4, 0.5) is 0 Å². The predicted octanol–water partition coefficient (Wildman–Crippen LogP) is 3.79. The van der Waals surface area contributed by atoms with Crippen molar-refractivity contribution in [2.24, 2.45) is 0 Å². The minimum Gasteiger partial charge on any atom is -0.252 e. The molecule has 3 nitrogen and oxygen atoms in total. The summed E-state index contributed by atoms with van der Waals surface area (Å²) >= 11 is 5.86. The molecule has 0 N–H and O–H groups in total. The Bertz CT molecular complexity index is 765. The number of fused-ring (bicyclic) bond motifs is 1. The van der Waals surface area contributed by atoms with E-state index in [0.717, 1.165) is 42.5 Å². The summed E-state index contributed by atoms with van der Waals surface area (Å²) in [7, 11) is -1.33. The van der Waals surface area contributed by atoms with Gasteiger partial charge in [0.2, 0.25) is 0 Å². The van der Waals surface area contributed by atoms with E-state index >= 15 is 0 Å². The molecule has 0 fully saturated rings. The largest absolute Gasteiger partial charge is 0.252 e. The van der Waals surface area contributed by atoms with Crippen molar-refractivity contribution >= 4 is 22.4 Å². The Balaban J connectivity index is 1.91. The van der Waals surface area contributed by atoms with E-state index in [1.807, 2.05) is 18.2 Å². The molecule has 3 rings (SSSR count). The quantitative estimate of drug-likeness (QED) is 0.860. The zero-order valence-corrected chi connectivity index (χ0v) is 13.6. The zero-order chi connectivity index (χ0) is 15.5. The monoisotopic (exact) mass is 330 g/mol. The van der Waals surface area contributed by atoms with Crippen LogP contribution in [0.2, 0.25) is 5.02 Å². The maximum absolute atomic E-state index is 12.6. The number of benzene rings is 1. The molecule has 0 radical (unpaired) electrons. The third-order valence-corrected chi connectivity index (χ3v) is 5.40. The van der Waals surface area contributed by atoms with Crippen LogP contribution in [0.3, 0.4) is 0 Å². The van der Waals surface area contributed by atoms with Gasteiger partial charge in [-0.2, -0.15) is 5.26 Å². The van der Waals surface area contributed by atoms with Crippen molar-refractivity contribution in [2.45, 2.75) is 36.5 Å². The van der Waals surface area contributed by atoms with Crippen LogP contribution in [0.15, 0.2) is 35.4 Å². The standard InChI is InChI=1S/C17H15ClN2OS/c18-15-7-5-12(6-8-15)11-22(21)17-14(10-19)9-13-3-1-2-4-16(13)20-17/h5-9H,1-4,11H2/t22-/m1/s1. The van der Waals surface area contributed by atoms with E-state index in [4.69, 9.17) is 11.6 Å². The van der Waals surface area contributed by atoms with E-state index in [1.54, 1.807) is 12.1 Å². The molecule has 1 atom stereocenters. The number of hydrogen-bond acceptors (Lipinski definition) is 3. The number of halogens is 1. The Hall–Kier alpha value is -1.70. The summed E-state index contributed by atoms with van der Waals surface area (Å²) in [5.74, 6) is 0.345. The highest BCUT2D eigenvalue weighted by Gasteiger charge is 2.18. The van der Waals surface area contributed by atoms with Crippen LogP contribution in [0.5, 0.6) is 0 Å². The van der Waals surface area contributed by atoms with Gasteiger partial charge in [0.05, 0.1) is 22.1 Å². The topological polar surface area (TPSA) is 53.8 Å². The lowest BCUT2D eigenvalue weighted by atomic mass is 9.95. The number of nitriles is 1. The number of rotatable bonds is 3. The molecule has 0 spiro atoms. The molecule has 0 aliphatic heterocycles. The number of nitrogens with zero attached hydrogens (tertiary/aromatic N) is 2. The first kappa shape index (κ1) is 15.2. The number of aryl methyl sites for hydroxylation is 2. The minimum atomic E-state index is -1.33. The van der Waals surface area contributed by atoms with Gasteiger partial charge in [-0.15, -0.1) is 0 Å². The molecule has 0 unspecified atom stereocenters. The fourth-order valence-corrected chi connectivity index (χ4v) is 3.99. The van der Waals surface area contributed by atoms with E-state index in [1.165, 1.54) is 0 Å². The number of pyridine rings is 1. The van der Waals surface area contributed by atoms with E-state index in [-0.39, 0.29) is 0 Å². The molecule has 0 amide bonds. The fourth-order valence-electron chi connectivity index (χ4n) is 2.67. The summed E-state index contributed by atoms with van der Waals surface area (Å²) in [4.78, 5) is 4.55. The van der Waals surface area contributed by atoms with Gasteiger partial charge >= 0.3 is 0 Å². The molecular weight excluding hydrogens is 316 g/mol. The van der Waals surface area contributed by atoms with Gasteiger partial charge in [0.1, 0.15) is 11.1 Å². The minimum absolute atomic E-state index is 0.345. The van der Waals surface area contributed by atoms with Crippen LogP contribution in [0.25, 0.3) is 0 Å². The summed E-state index contributed by atoms with van der Waals surface area (Å²) in [5.41, 5.74) is 3.50. The first-order chi connectivity index (χ1) is 10.7. The first-order valence-electron chi connectivity index (χ1n) is 7.23. The summed E-state index contributed by atoms with van der Waals surface area (Å²) in [5, 5.41) is 10.4. The van der Waals surface area contributed by atoms with Crippen molar-refractivity contribution in [3.05, 3.63) is 57.7 Å². The number of hydrogen-bond donors (Lipinski definition) is 0. The normalized spacial score (nSPS) is 14.9. The maximum atomic E-state index is 12.6. The molecule has 2 aromatic rings. The Morgan fingerprint density at radius 1 is 1.23 bits per heavy atom. The smallest absolute Gasteiger partial charge is 0.145 e. The lowest BCUT2D eigenvalue weighted by molar-refractivity contribution is 0.652. The highest BCUT2D eigenvalue weighted by Crippen LogP contribution is 2.24. The molecule has 0 saturated heterocycles. The van der Waals surface area contributed by atoms with Gasteiger partial charge in [-0.1, -0.05) is 23.7 Å². The molecule has 1 aliphatic carbocycles. The molecule has 1 heterocycles. The summed E-state index contributed by atoms with van der Waals surface area (Å²) in [6, 6.07) is 11.3. The molecule has 0 bridgehead atoms. The van der Waals surface area contributed by atoms with Gasteiger partial charge in [0, 0.05) is 10.7 Å². The average Bonchev–Trinajstić information content (AvgIpc) is 2.55. The highest BCUT2D eigenvalue weighted by molar-refractivity contribution is 7.84. The Morgan fingerprint density at radius 2 is 1.95 bits per heavy atom. The third kappa shape index (κ3) is 3.21. The van der Waals surface area contributed by atoms with Crippen LogP contribution in [-0.4, -0.2) is 9.19 Å². The zero-order valence-electron chi connectivity index (χ0n) is 12.0. The van der Waals surface area contributed by atoms with Gasteiger partial charge < -0.3 is 0 Å². The summed E-state index contributed by atoms with van der Waals surface area (Å²) in [6.45, 7) is 0. The van der Waals surface area contributed by atoms with E-state index in [2.05, 4.69) is 11.1 Å². The molecular formula is C17H15ClN2OS. The van der Waals surface area contributed by atoms with Gasteiger partial charge in [-0.05, 0) is 55.0 Å². The lowest BCUT2D eigenvalue weighted by Gasteiger charge is -2.16. The maximum Gasteiger partial charge on any atom is 0.145 e. The highest BCUT2D eigenvalue weighted by atomic mass is 35.5. The van der Waals surface area contributed by atoms with Crippen molar-refractivity contribution in [1.82, 2.24) is 4.98 Å². The molecule has 1 aromatic heterocycles. The number of aromatic nitrogens is 1. The van der Waals surface area contributed by atoms with Crippen LogP contribution < -0.4 is 0 Å². The van der Waals surface area contributed by atoms with Gasteiger partial charge in [0.25, 0.3) is 0 Å². The van der Waals surface area contributed by atoms with Crippen molar-refractivity contribution in [3.63, 3.8) is 0 Å². The summed E-state index contributed by atoms with van der Waals surface area (Å²) in [6.07, 6.45) is 4.11. The first-order valence-corrected chi connectivity index (χ1v) is 8.93. The molecule has 1 aliphatic rings. The van der Waals surface area contributed by atoms with Crippen molar-refractivity contribution in [2.75, 3.05) is 0 Å². The van der Waals surface area contributed by atoms with E-state index in [9.17, 15) is 9.47 Å². The predicted molar refractivity (Wildman–Crippen MR) is 87.2 cm³/mol. The van der Waals surface area contributed by atoms with Crippen LogP contribution in [0, 0.1) is 11.3 Å². The van der Waals surface area contributed by atoms with Crippen molar-refractivity contribution in [3.8, 4) is 6.07 Å². The second-order valence-electron chi connectivity index (χ2n) is 5.38. The summed E-state index contributed by atoms with van der Waals surface area (Å²) < 4.78 is 12.6. The molecule has 5 heteroatoms. The Kier molecular flexibility index (Phi) is 4.56. The molecule has 0 saturated carbocycles. The molecule has 112 valence electrons. The molecule has 22 heavy (non-hydrogen) atoms. The second-order valence-corrected chi connectivity index (χ2v) is 7.18. The third-order valence-electron chi connectivity index (χ3n) is 3.81. The fraction of sp³-hybridized carbons (Fsp3) is 0.294. The van der Waals surface area contributed by atoms with E-state index in [0.29, 0.717) is 21.4 Å². The Morgan fingerprint density at radius 3 is 2.68 bits per heavy atom. The van der Waals surface area contributed by atoms with Crippen LogP contribution >= 0.6 is 11.6 Å². The average molecular weight is 331 g/mol.